The Bertz CT molecular complexity index is 444. The summed E-state index contributed by atoms with van der Waals surface area (Å²) in [6.45, 7) is 5.75. The Balaban J connectivity index is 2.57. The zero-order chi connectivity index (χ0) is 12.9. The van der Waals surface area contributed by atoms with Gasteiger partial charge in [-0.05, 0) is 20.8 Å². The van der Waals surface area contributed by atoms with E-state index in [-0.39, 0.29) is 23.7 Å². The van der Waals surface area contributed by atoms with E-state index in [4.69, 9.17) is 5.26 Å². The molecule has 0 atom stereocenters. The van der Waals surface area contributed by atoms with E-state index in [1.807, 2.05) is 26.8 Å². The Labute approximate surface area is 100 Å². The summed E-state index contributed by atoms with van der Waals surface area (Å²) in [5, 5.41) is 14.3. The van der Waals surface area contributed by atoms with Gasteiger partial charge in [-0.15, -0.1) is 0 Å². The molecule has 0 spiro atoms. The molecule has 6 heteroatoms. The van der Waals surface area contributed by atoms with E-state index >= 15 is 0 Å². The highest BCUT2D eigenvalue weighted by atomic mass is 16.2. The maximum Gasteiger partial charge on any atom is 0.239 e. The van der Waals surface area contributed by atoms with Crippen LogP contribution in [0.15, 0.2) is 12.4 Å². The van der Waals surface area contributed by atoms with Crippen LogP contribution in [-0.2, 0) is 4.79 Å². The van der Waals surface area contributed by atoms with Crippen molar-refractivity contribution < 1.29 is 4.79 Å². The number of hydrogen-bond acceptors (Lipinski definition) is 5. The first kappa shape index (κ1) is 12.9. The molecule has 17 heavy (non-hydrogen) atoms. The van der Waals surface area contributed by atoms with Gasteiger partial charge in [0.25, 0.3) is 0 Å². The number of hydrogen-bond donors (Lipinski definition) is 2. The van der Waals surface area contributed by atoms with Crippen molar-refractivity contribution in [3.05, 3.63) is 18.1 Å². The molecule has 0 radical (unpaired) electrons. The summed E-state index contributed by atoms with van der Waals surface area (Å²) >= 11 is 0. The summed E-state index contributed by atoms with van der Waals surface area (Å²) in [5.41, 5.74) is -0.102. The second kappa shape index (κ2) is 5.25. The van der Waals surface area contributed by atoms with E-state index in [1.165, 1.54) is 12.4 Å². The third kappa shape index (κ3) is 4.47. The predicted octanol–water partition coefficient (Wildman–Crippen LogP) is 0.675. The lowest BCUT2D eigenvalue weighted by Crippen LogP contribution is -2.43. The van der Waals surface area contributed by atoms with Gasteiger partial charge >= 0.3 is 0 Å². The molecular weight excluding hydrogens is 218 g/mol. The van der Waals surface area contributed by atoms with Crippen LogP contribution in [-0.4, -0.2) is 28.0 Å². The third-order valence-corrected chi connectivity index (χ3v) is 1.73. The SMILES string of the molecule is CC(C)(C)NC(=O)CNc1nccnc1C#N. The van der Waals surface area contributed by atoms with E-state index < -0.39 is 0 Å². The lowest BCUT2D eigenvalue weighted by atomic mass is 10.1. The molecule has 0 saturated heterocycles. The van der Waals surface area contributed by atoms with Crippen molar-refractivity contribution in [3.8, 4) is 6.07 Å². The van der Waals surface area contributed by atoms with E-state index in [1.54, 1.807) is 0 Å². The molecule has 0 aliphatic carbocycles. The lowest BCUT2D eigenvalue weighted by molar-refractivity contribution is -0.120. The van der Waals surface area contributed by atoms with Crippen LogP contribution < -0.4 is 10.6 Å². The molecule has 1 heterocycles. The van der Waals surface area contributed by atoms with Gasteiger partial charge in [0.1, 0.15) is 6.07 Å². The molecule has 1 rings (SSSR count). The largest absolute Gasteiger partial charge is 0.359 e. The van der Waals surface area contributed by atoms with Crippen molar-refractivity contribution in [2.75, 3.05) is 11.9 Å². The second-order valence-electron chi connectivity index (χ2n) is 4.52. The molecule has 0 aliphatic heterocycles. The highest BCUT2D eigenvalue weighted by Crippen LogP contribution is 2.05. The molecule has 0 fully saturated rings. The van der Waals surface area contributed by atoms with Crippen molar-refractivity contribution in [2.24, 2.45) is 0 Å². The molecule has 6 nitrogen and oxygen atoms in total. The summed E-state index contributed by atoms with van der Waals surface area (Å²) < 4.78 is 0. The van der Waals surface area contributed by atoms with Crippen LogP contribution >= 0.6 is 0 Å². The number of anilines is 1. The molecule has 2 N–H and O–H groups in total. The van der Waals surface area contributed by atoms with Gasteiger partial charge in [0.15, 0.2) is 11.5 Å². The number of carbonyl (C=O) groups is 1. The van der Waals surface area contributed by atoms with Crippen molar-refractivity contribution in [2.45, 2.75) is 26.3 Å². The minimum absolute atomic E-state index is 0.0602. The average molecular weight is 233 g/mol. The number of aromatic nitrogens is 2. The van der Waals surface area contributed by atoms with E-state index in [0.29, 0.717) is 5.82 Å². The summed E-state index contributed by atoms with van der Waals surface area (Å²) in [5.74, 6) is 0.158. The fourth-order valence-corrected chi connectivity index (χ4v) is 1.18. The number of nitriles is 1. The zero-order valence-electron chi connectivity index (χ0n) is 10.1. The molecule has 0 aromatic carbocycles. The third-order valence-electron chi connectivity index (χ3n) is 1.73. The molecule has 1 amide bonds. The van der Waals surface area contributed by atoms with Gasteiger partial charge in [-0.2, -0.15) is 5.26 Å². The number of rotatable bonds is 3. The van der Waals surface area contributed by atoms with Crippen LogP contribution in [0.5, 0.6) is 0 Å². The van der Waals surface area contributed by atoms with Gasteiger partial charge in [0.05, 0.1) is 6.54 Å². The quantitative estimate of drug-likeness (QED) is 0.801. The van der Waals surface area contributed by atoms with Gasteiger partial charge < -0.3 is 10.6 Å². The van der Waals surface area contributed by atoms with E-state index in [0.717, 1.165) is 0 Å². The van der Waals surface area contributed by atoms with Crippen molar-refractivity contribution in [3.63, 3.8) is 0 Å². The van der Waals surface area contributed by atoms with Crippen LogP contribution in [0.4, 0.5) is 5.82 Å². The molecule has 1 aromatic rings. The molecule has 1 aromatic heterocycles. The van der Waals surface area contributed by atoms with E-state index in [2.05, 4.69) is 20.6 Å². The Morgan fingerprint density at radius 2 is 2.06 bits per heavy atom. The molecule has 0 bridgehead atoms. The molecule has 0 aliphatic rings. The first-order valence-corrected chi connectivity index (χ1v) is 5.18. The number of nitrogens with one attached hydrogen (secondary N) is 2. The maximum atomic E-state index is 11.5. The summed E-state index contributed by atoms with van der Waals surface area (Å²) in [7, 11) is 0. The fourth-order valence-electron chi connectivity index (χ4n) is 1.18. The number of amides is 1. The van der Waals surface area contributed by atoms with Gasteiger partial charge in [0, 0.05) is 17.9 Å². The van der Waals surface area contributed by atoms with Crippen LogP contribution in [0.2, 0.25) is 0 Å². The minimum Gasteiger partial charge on any atom is -0.359 e. The Kier molecular flexibility index (Phi) is 3.99. The number of nitrogens with zero attached hydrogens (tertiary/aromatic N) is 3. The Morgan fingerprint density at radius 1 is 1.41 bits per heavy atom. The van der Waals surface area contributed by atoms with Gasteiger partial charge in [-0.25, -0.2) is 9.97 Å². The molecule has 0 saturated carbocycles. The average Bonchev–Trinajstić information content (AvgIpc) is 2.24. The van der Waals surface area contributed by atoms with Gasteiger partial charge in [0.2, 0.25) is 5.91 Å². The topological polar surface area (TPSA) is 90.7 Å². The van der Waals surface area contributed by atoms with Crippen molar-refractivity contribution in [1.82, 2.24) is 15.3 Å². The van der Waals surface area contributed by atoms with E-state index in [9.17, 15) is 4.79 Å². The highest BCUT2D eigenvalue weighted by molar-refractivity contribution is 5.81. The molecular formula is C11H15N5O. The highest BCUT2D eigenvalue weighted by Gasteiger charge is 2.14. The summed E-state index contributed by atoms with van der Waals surface area (Å²) in [4.78, 5) is 19.3. The fraction of sp³-hybridized carbons (Fsp3) is 0.455. The molecule has 0 unspecified atom stereocenters. The summed E-state index contributed by atoms with van der Waals surface area (Å²) in [6.07, 6.45) is 2.89. The first-order chi connectivity index (χ1) is 7.92. The molecule has 90 valence electrons. The monoisotopic (exact) mass is 233 g/mol. The van der Waals surface area contributed by atoms with Crippen LogP contribution in [0.25, 0.3) is 0 Å². The van der Waals surface area contributed by atoms with Crippen LogP contribution in [0.3, 0.4) is 0 Å². The van der Waals surface area contributed by atoms with Gasteiger partial charge in [-0.3, -0.25) is 4.79 Å². The van der Waals surface area contributed by atoms with Gasteiger partial charge in [-0.1, -0.05) is 0 Å². The normalized spacial score (nSPS) is 10.5. The Hall–Kier alpha value is -2.16. The standard InChI is InChI=1S/C11H15N5O/c1-11(2,3)16-9(17)7-15-10-8(6-12)13-4-5-14-10/h4-5H,7H2,1-3H3,(H,14,15)(H,16,17). The second-order valence-corrected chi connectivity index (χ2v) is 4.52. The Morgan fingerprint density at radius 3 is 2.65 bits per heavy atom. The smallest absolute Gasteiger partial charge is 0.239 e. The van der Waals surface area contributed by atoms with Crippen molar-refractivity contribution in [1.29, 1.82) is 5.26 Å². The van der Waals surface area contributed by atoms with Crippen LogP contribution in [0.1, 0.15) is 26.5 Å². The van der Waals surface area contributed by atoms with Crippen molar-refractivity contribution >= 4 is 11.7 Å². The zero-order valence-corrected chi connectivity index (χ0v) is 10.1. The number of carbonyl (C=O) groups excluding carboxylic acids is 1. The first-order valence-electron chi connectivity index (χ1n) is 5.18. The predicted molar refractivity (Wildman–Crippen MR) is 63.1 cm³/mol. The minimum atomic E-state index is -0.279. The maximum absolute atomic E-state index is 11.5. The lowest BCUT2D eigenvalue weighted by Gasteiger charge is -2.20. The summed E-state index contributed by atoms with van der Waals surface area (Å²) in [6, 6.07) is 1.90. The van der Waals surface area contributed by atoms with Crippen LogP contribution in [0, 0.1) is 11.3 Å².